The van der Waals surface area contributed by atoms with Crippen LogP contribution < -0.4 is 0 Å². The van der Waals surface area contributed by atoms with E-state index in [2.05, 4.69) is 15.2 Å². The highest BCUT2D eigenvalue weighted by atomic mass is 32.1. The van der Waals surface area contributed by atoms with Crippen molar-refractivity contribution < 1.29 is 4.79 Å². The fraction of sp³-hybridized carbons (Fsp3) is 0.462. The number of thiazole rings is 1. The van der Waals surface area contributed by atoms with Gasteiger partial charge in [-0.05, 0) is 18.9 Å². The first-order valence-electron chi connectivity index (χ1n) is 6.47. The summed E-state index contributed by atoms with van der Waals surface area (Å²) < 4.78 is 0. The SMILES string of the molecule is O=C(CCc1cncs1)N1CCC(c2ccn[nH]2)C1. The van der Waals surface area contributed by atoms with Crippen LogP contribution in [-0.4, -0.2) is 39.1 Å². The summed E-state index contributed by atoms with van der Waals surface area (Å²) in [5.41, 5.74) is 2.95. The fourth-order valence-corrected chi connectivity index (χ4v) is 3.09. The average Bonchev–Trinajstić information content (AvgIpc) is 3.14. The van der Waals surface area contributed by atoms with Crippen LogP contribution in [0.15, 0.2) is 24.0 Å². The highest BCUT2D eigenvalue weighted by Crippen LogP contribution is 2.26. The van der Waals surface area contributed by atoms with Gasteiger partial charge in [0.05, 0.1) is 5.51 Å². The maximum atomic E-state index is 12.1. The van der Waals surface area contributed by atoms with Crippen molar-refractivity contribution in [2.45, 2.75) is 25.2 Å². The van der Waals surface area contributed by atoms with Gasteiger partial charge in [0.2, 0.25) is 5.91 Å². The molecule has 0 radical (unpaired) electrons. The second-order valence-corrected chi connectivity index (χ2v) is 5.78. The van der Waals surface area contributed by atoms with E-state index in [0.29, 0.717) is 12.3 Å². The molecule has 1 atom stereocenters. The topological polar surface area (TPSA) is 61.9 Å². The molecule has 1 fully saturated rings. The Labute approximate surface area is 115 Å². The molecule has 1 saturated heterocycles. The summed E-state index contributed by atoms with van der Waals surface area (Å²) >= 11 is 1.61. The second kappa shape index (κ2) is 5.52. The van der Waals surface area contributed by atoms with Crippen molar-refractivity contribution in [2.24, 2.45) is 0 Å². The van der Waals surface area contributed by atoms with Crippen LogP contribution in [0.25, 0.3) is 0 Å². The number of hydrogen-bond acceptors (Lipinski definition) is 4. The summed E-state index contributed by atoms with van der Waals surface area (Å²) in [7, 11) is 0. The lowest BCUT2D eigenvalue weighted by Gasteiger charge is -2.15. The third-order valence-electron chi connectivity index (χ3n) is 3.57. The van der Waals surface area contributed by atoms with Gasteiger partial charge in [-0.3, -0.25) is 14.9 Å². The van der Waals surface area contributed by atoms with Crippen LogP contribution in [0.3, 0.4) is 0 Å². The second-order valence-electron chi connectivity index (χ2n) is 4.81. The number of aryl methyl sites for hydroxylation is 1. The molecule has 2 aromatic heterocycles. The van der Waals surface area contributed by atoms with E-state index >= 15 is 0 Å². The van der Waals surface area contributed by atoms with Crippen molar-refractivity contribution in [2.75, 3.05) is 13.1 Å². The number of amides is 1. The molecular weight excluding hydrogens is 260 g/mol. The van der Waals surface area contributed by atoms with Gasteiger partial charge in [0, 0.05) is 48.4 Å². The zero-order valence-electron chi connectivity index (χ0n) is 10.6. The van der Waals surface area contributed by atoms with Gasteiger partial charge in [-0.25, -0.2) is 0 Å². The lowest BCUT2D eigenvalue weighted by Crippen LogP contribution is -2.28. The molecule has 2 aromatic rings. The molecule has 1 aliphatic rings. The van der Waals surface area contributed by atoms with Crippen molar-refractivity contribution >= 4 is 17.2 Å². The molecule has 0 aromatic carbocycles. The smallest absolute Gasteiger partial charge is 0.222 e. The van der Waals surface area contributed by atoms with Crippen molar-refractivity contribution in [1.29, 1.82) is 0 Å². The van der Waals surface area contributed by atoms with Crippen molar-refractivity contribution in [3.05, 3.63) is 34.5 Å². The lowest BCUT2D eigenvalue weighted by atomic mass is 10.1. The van der Waals surface area contributed by atoms with E-state index in [-0.39, 0.29) is 5.91 Å². The van der Waals surface area contributed by atoms with Gasteiger partial charge in [-0.15, -0.1) is 11.3 Å². The number of carbonyl (C=O) groups excluding carboxylic acids is 1. The van der Waals surface area contributed by atoms with E-state index in [4.69, 9.17) is 0 Å². The Bertz CT molecular complexity index is 523. The maximum Gasteiger partial charge on any atom is 0.222 e. The van der Waals surface area contributed by atoms with E-state index in [9.17, 15) is 4.79 Å². The fourth-order valence-electron chi connectivity index (χ4n) is 2.49. The maximum absolute atomic E-state index is 12.1. The molecule has 100 valence electrons. The third kappa shape index (κ3) is 2.84. The van der Waals surface area contributed by atoms with E-state index in [1.807, 2.05) is 22.7 Å². The molecule has 0 saturated carbocycles. The zero-order valence-corrected chi connectivity index (χ0v) is 11.4. The van der Waals surface area contributed by atoms with Crippen molar-refractivity contribution in [1.82, 2.24) is 20.1 Å². The molecule has 0 bridgehead atoms. The summed E-state index contributed by atoms with van der Waals surface area (Å²) in [5.74, 6) is 0.658. The minimum absolute atomic E-state index is 0.246. The number of aromatic amines is 1. The van der Waals surface area contributed by atoms with E-state index in [0.717, 1.165) is 31.6 Å². The molecule has 1 N–H and O–H groups in total. The summed E-state index contributed by atoms with van der Waals surface area (Å²) in [6.45, 7) is 1.66. The molecule has 1 unspecified atom stereocenters. The summed E-state index contributed by atoms with van der Waals surface area (Å²) in [6, 6.07) is 2.00. The summed E-state index contributed by atoms with van der Waals surface area (Å²) in [4.78, 5) is 19.3. The molecule has 5 nitrogen and oxygen atoms in total. The molecule has 3 rings (SSSR count). The monoisotopic (exact) mass is 276 g/mol. The van der Waals surface area contributed by atoms with Crippen LogP contribution in [-0.2, 0) is 11.2 Å². The Morgan fingerprint density at radius 1 is 1.58 bits per heavy atom. The minimum atomic E-state index is 0.246. The van der Waals surface area contributed by atoms with Crippen LogP contribution in [0.5, 0.6) is 0 Å². The number of nitrogens with zero attached hydrogens (tertiary/aromatic N) is 3. The molecule has 6 heteroatoms. The number of H-pyrrole nitrogens is 1. The number of nitrogens with one attached hydrogen (secondary N) is 1. The Hall–Kier alpha value is -1.69. The largest absolute Gasteiger partial charge is 0.342 e. The summed E-state index contributed by atoms with van der Waals surface area (Å²) in [5, 5.41) is 6.97. The molecule has 1 aliphatic heterocycles. The first-order chi connectivity index (χ1) is 9.33. The van der Waals surface area contributed by atoms with Gasteiger partial charge < -0.3 is 4.90 Å². The summed E-state index contributed by atoms with van der Waals surface area (Å²) in [6.07, 6.45) is 6.01. The van der Waals surface area contributed by atoms with Crippen LogP contribution in [0.4, 0.5) is 0 Å². The van der Waals surface area contributed by atoms with Gasteiger partial charge in [-0.1, -0.05) is 0 Å². The zero-order chi connectivity index (χ0) is 13.1. The minimum Gasteiger partial charge on any atom is -0.342 e. The molecule has 0 spiro atoms. The van der Waals surface area contributed by atoms with Crippen LogP contribution >= 0.6 is 11.3 Å². The van der Waals surface area contributed by atoms with E-state index in [1.165, 1.54) is 4.88 Å². The lowest BCUT2D eigenvalue weighted by molar-refractivity contribution is -0.130. The Morgan fingerprint density at radius 3 is 3.26 bits per heavy atom. The molecular formula is C13H16N4OS. The van der Waals surface area contributed by atoms with Gasteiger partial charge >= 0.3 is 0 Å². The Kier molecular flexibility index (Phi) is 3.59. The van der Waals surface area contributed by atoms with E-state index < -0.39 is 0 Å². The normalized spacial score (nSPS) is 18.9. The van der Waals surface area contributed by atoms with Gasteiger partial charge in [0.25, 0.3) is 0 Å². The van der Waals surface area contributed by atoms with Crippen molar-refractivity contribution in [3.8, 4) is 0 Å². The van der Waals surface area contributed by atoms with E-state index in [1.54, 1.807) is 17.5 Å². The molecule has 3 heterocycles. The predicted molar refractivity (Wildman–Crippen MR) is 73.0 cm³/mol. The standard InChI is InChI=1S/C13H16N4OS/c18-13(2-1-11-7-14-9-19-11)17-6-4-10(8-17)12-3-5-15-16-12/h3,5,7,9-10H,1-2,4,6,8H2,(H,15,16). The average molecular weight is 276 g/mol. The number of aromatic nitrogens is 3. The van der Waals surface area contributed by atoms with Crippen LogP contribution in [0.2, 0.25) is 0 Å². The number of likely N-dealkylation sites (tertiary alicyclic amines) is 1. The predicted octanol–water partition coefficient (Wildman–Crippen LogP) is 1.81. The Balaban J connectivity index is 1.51. The van der Waals surface area contributed by atoms with Crippen LogP contribution in [0.1, 0.15) is 29.3 Å². The van der Waals surface area contributed by atoms with Gasteiger partial charge in [-0.2, -0.15) is 5.10 Å². The Morgan fingerprint density at radius 2 is 2.53 bits per heavy atom. The molecule has 1 amide bonds. The molecule has 19 heavy (non-hydrogen) atoms. The number of carbonyl (C=O) groups is 1. The highest BCUT2D eigenvalue weighted by molar-refractivity contribution is 7.09. The number of hydrogen-bond donors (Lipinski definition) is 1. The first kappa shape index (κ1) is 12.3. The highest BCUT2D eigenvalue weighted by Gasteiger charge is 2.27. The van der Waals surface area contributed by atoms with Crippen LogP contribution in [0, 0.1) is 0 Å². The quantitative estimate of drug-likeness (QED) is 0.926. The number of rotatable bonds is 4. The van der Waals surface area contributed by atoms with Gasteiger partial charge in [0.1, 0.15) is 0 Å². The molecule has 0 aliphatic carbocycles. The van der Waals surface area contributed by atoms with Gasteiger partial charge in [0.15, 0.2) is 0 Å². The third-order valence-corrected chi connectivity index (χ3v) is 4.41. The first-order valence-corrected chi connectivity index (χ1v) is 7.35. The van der Waals surface area contributed by atoms with Crippen molar-refractivity contribution in [3.63, 3.8) is 0 Å².